The molecule has 4 heteroatoms. The van der Waals surface area contributed by atoms with Crippen molar-refractivity contribution in [3.8, 4) is 0 Å². The molecule has 0 heterocycles. The molecule has 52 valence electrons. The average molecular weight is 144 g/mol. The minimum atomic E-state index is -4.82. The van der Waals surface area contributed by atoms with E-state index in [1.54, 1.807) is 0 Å². The summed E-state index contributed by atoms with van der Waals surface area (Å²) in [5.74, 6) is 0. The molecule has 0 saturated carbocycles. The summed E-state index contributed by atoms with van der Waals surface area (Å²) in [7, 11) is 0. The highest BCUT2D eigenvalue weighted by Gasteiger charge is 2.31. The summed E-state index contributed by atoms with van der Waals surface area (Å²) in [6, 6.07) is 0. The third-order valence-corrected chi connectivity index (χ3v) is 1.12. The van der Waals surface area contributed by atoms with E-state index in [1.807, 2.05) is 0 Å². The number of hydrogen-bond donors (Lipinski definition) is 0. The topological polar surface area (TPSA) is 0 Å². The summed E-state index contributed by atoms with van der Waals surface area (Å²) >= 11 is 0. The van der Waals surface area contributed by atoms with Gasteiger partial charge in [0.2, 0.25) is 0 Å². The van der Waals surface area contributed by atoms with Gasteiger partial charge in [-0.05, 0) is 0 Å². The first kappa shape index (κ1) is 7.10. The molecule has 0 N–H and O–H groups in total. The first-order valence-corrected chi connectivity index (χ1v) is 2.76. The van der Waals surface area contributed by atoms with Crippen LogP contribution in [0.3, 0.4) is 0 Å². The third-order valence-electron chi connectivity index (χ3n) is 1.12. The van der Waals surface area contributed by atoms with Gasteiger partial charge >= 0.3 is 6.98 Å². The maximum absolute atomic E-state index is 11.8. The van der Waals surface area contributed by atoms with Crippen LogP contribution >= 0.6 is 0 Å². The summed E-state index contributed by atoms with van der Waals surface area (Å²) in [6.45, 7) is -4.82. The molecule has 0 aromatic rings. The lowest BCUT2D eigenvalue weighted by atomic mass is 9.78. The lowest BCUT2D eigenvalue weighted by molar-refractivity contribution is 0.493. The van der Waals surface area contributed by atoms with Gasteiger partial charge in [-0.3, -0.25) is 0 Å². The Balaban J connectivity index is 2.85. The molecule has 0 radical (unpaired) electrons. The maximum atomic E-state index is 11.8. The molecule has 0 amide bonds. The molecule has 1 aliphatic carbocycles. The fourth-order valence-electron chi connectivity index (χ4n) is 0.618. The van der Waals surface area contributed by atoms with Crippen LogP contribution in [0.2, 0.25) is 0 Å². The highest BCUT2D eigenvalue weighted by Crippen LogP contribution is 2.22. The average Bonchev–Trinajstić information content (AvgIpc) is 1.88. The van der Waals surface area contributed by atoms with Gasteiger partial charge in [-0.1, -0.05) is 0 Å². The van der Waals surface area contributed by atoms with Crippen LogP contribution in [0.15, 0.2) is 29.8 Å². The lowest BCUT2D eigenvalue weighted by Gasteiger charge is -2.10. The molecule has 1 aliphatic rings. The molecule has 0 nitrogen and oxygen atoms in total. The van der Waals surface area contributed by atoms with Crippen LogP contribution in [0.4, 0.5) is 12.9 Å². The summed E-state index contributed by atoms with van der Waals surface area (Å²) in [5.41, 5.74) is -0.571. The summed E-state index contributed by atoms with van der Waals surface area (Å²) in [4.78, 5) is 0. The van der Waals surface area contributed by atoms with Crippen LogP contribution in [0.1, 0.15) is 0 Å². The van der Waals surface area contributed by atoms with E-state index in [2.05, 4.69) is 6.08 Å². The second-order valence-corrected chi connectivity index (χ2v) is 1.91. The highest BCUT2D eigenvalue weighted by atomic mass is 19.4. The van der Waals surface area contributed by atoms with Gasteiger partial charge in [0.05, 0.1) is 12.2 Å². The number of hydrogen-bond acceptors (Lipinski definition) is 0. The molecular formula is C6H4BF3. The van der Waals surface area contributed by atoms with Crippen molar-refractivity contribution in [2.45, 2.75) is 0 Å². The van der Waals surface area contributed by atoms with Gasteiger partial charge in [0.1, 0.15) is 0 Å². The molecule has 0 saturated heterocycles. The fraction of sp³-hybridized carbons (Fsp3) is 0. The van der Waals surface area contributed by atoms with Crippen molar-refractivity contribution in [2.75, 3.05) is 0 Å². The molecule has 10 heavy (non-hydrogen) atoms. The minimum absolute atomic E-state index is 0.571. The van der Waals surface area contributed by atoms with E-state index in [-0.39, 0.29) is 0 Å². The molecular weight excluding hydrogens is 140 g/mol. The smallest absolute Gasteiger partial charge is 0.443 e. The minimum Gasteiger partial charge on any atom is -0.443 e. The van der Waals surface area contributed by atoms with Crippen LogP contribution in [-0.2, 0) is 0 Å². The van der Waals surface area contributed by atoms with E-state index in [1.165, 1.54) is 12.2 Å². The van der Waals surface area contributed by atoms with E-state index in [0.29, 0.717) is 0 Å². The van der Waals surface area contributed by atoms with Gasteiger partial charge < -0.3 is 12.9 Å². The van der Waals surface area contributed by atoms with Gasteiger partial charge in [0.15, 0.2) is 0 Å². The van der Waals surface area contributed by atoms with Gasteiger partial charge in [-0.15, -0.1) is 0 Å². The molecule has 0 unspecified atom stereocenters. The molecule has 0 aliphatic heterocycles. The molecule has 0 bridgehead atoms. The van der Waals surface area contributed by atoms with Crippen molar-refractivity contribution in [1.29, 1.82) is 0 Å². The van der Waals surface area contributed by atoms with Gasteiger partial charge in [-0.2, -0.15) is 0 Å². The van der Waals surface area contributed by atoms with Crippen molar-refractivity contribution < 1.29 is 12.9 Å². The summed E-state index contributed by atoms with van der Waals surface area (Å²) in [5, 5.41) is 0. The number of allylic oxidation sites excluding steroid dienone is 6. The first-order chi connectivity index (χ1) is 4.61. The normalized spacial score (nSPS) is 16.5. The zero-order valence-corrected chi connectivity index (χ0v) is 5.02. The molecule has 0 aromatic carbocycles. The zero-order valence-electron chi connectivity index (χ0n) is 5.02. The molecule has 1 rings (SSSR count). The Labute approximate surface area is 56.8 Å². The largest absolute Gasteiger partial charge is 0.536 e. The van der Waals surface area contributed by atoms with Crippen LogP contribution < -0.4 is 0 Å². The van der Waals surface area contributed by atoms with E-state index >= 15 is 0 Å². The highest BCUT2D eigenvalue weighted by molar-refractivity contribution is 6.67. The van der Waals surface area contributed by atoms with Crippen LogP contribution in [-0.4, -0.2) is 6.98 Å². The van der Waals surface area contributed by atoms with Crippen molar-refractivity contribution in [3.63, 3.8) is 0 Å². The van der Waals surface area contributed by atoms with Crippen LogP contribution in [0, 0.1) is 6.08 Å². The van der Waals surface area contributed by atoms with E-state index < -0.39 is 12.4 Å². The molecule has 0 fully saturated rings. The SMILES string of the molecule is F[B-](F)(F)C1=CC=[C+]C=C1. The van der Waals surface area contributed by atoms with E-state index in [0.717, 1.165) is 12.2 Å². The Morgan fingerprint density at radius 1 is 1.30 bits per heavy atom. The monoisotopic (exact) mass is 144 g/mol. The van der Waals surface area contributed by atoms with E-state index in [4.69, 9.17) is 0 Å². The second kappa shape index (κ2) is 2.31. The Morgan fingerprint density at radius 3 is 2.30 bits per heavy atom. The van der Waals surface area contributed by atoms with Crippen molar-refractivity contribution in [2.24, 2.45) is 0 Å². The van der Waals surface area contributed by atoms with Crippen LogP contribution in [0.25, 0.3) is 0 Å². The predicted molar refractivity (Wildman–Crippen MR) is 34.1 cm³/mol. The Hall–Kier alpha value is -1.02. The third kappa shape index (κ3) is 1.48. The second-order valence-electron chi connectivity index (χ2n) is 1.91. The Kier molecular flexibility index (Phi) is 1.64. The molecule has 0 aromatic heterocycles. The lowest BCUT2D eigenvalue weighted by Crippen LogP contribution is -2.18. The summed E-state index contributed by atoms with van der Waals surface area (Å²) < 4.78 is 35.5. The van der Waals surface area contributed by atoms with Crippen molar-refractivity contribution in [1.82, 2.24) is 0 Å². The molecule has 0 atom stereocenters. The Bertz CT molecular complexity index is 210. The Morgan fingerprint density at radius 2 is 2.00 bits per heavy atom. The zero-order chi connectivity index (χ0) is 7.61. The summed E-state index contributed by atoms with van der Waals surface area (Å²) in [6.07, 6.45) is 7.05. The van der Waals surface area contributed by atoms with Crippen molar-refractivity contribution >= 4 is 6.98 Å². The number of halogens is 3. The van der Waals surface area contributed by atoms with Gasteiger partial charge in [0.25, 0.3) is 0 Å². The first-order valence-electron chi connectivity index (χ1n) is 2.76. The number of rotatable bonds is 1. The van der Waals surface area contributed by atoms with Crippen LogP contribution in [0.5, 0.6) is 0 Å². The maximum Gasteiger partial charge on any atom is 0.536 e. The van der Waals surface area contributed by atoms with Crippen molar-refractivity contribution in [3.05, 3.63) is 35.9 Å². The van der Waals surface area contributed by atoms with Gasteiger partial charge in [0, 0.05) is 23.7 Å². The van der Waals surface area contributed by atoms with E-state index in [9.17, 15) is 12.9 Å². The molecule has 0 spiro atoms. The van der Waals surface area contributed by atoms with Gasteiger partial charge in [-0.25, -0.2) is 0 Å². The standard InChI is InChI=1S/C6H4BF3/c8-7(9,10)6-4-2-1-3-5-6/h2-5H. The quantitative estimate of drug-likeness (QED) is 0.391. The predicted octanol–water partition coefficient (Wildman–Crippen LogP) is 2.23. The fourth-order valence-corrected chi connectivity index (χ4v) is 0.618.